The van der Waals surface area contributed by atoms with Gasteiger partial charge in [0.15, 0.2) is 5.43 Å². The molecule has 5 nitrogen and oxygen atoms in total. The average molecular weight is 338 g/mol. The Bertz CT molecular complexity index is 1040. The van der Waals surface area contributed by atoms with Crippen molar-refractivity contribution in [3.05, 3.63) is 63.8 Å². The van der Waals surface area contributed by atoms with Gasteiger partial charge < -0.3 is 19.7 Å². The van der Waals surface area contributed by atoms with Crippen molar-refractivity contribution < 1.29 is 19.7 Å². The number of benzene rings is 2. The molecule has 2 aromatic carbocycles. The van der Waals surface area contributed by atoms with Gasteiger partial charge in [-0.05, 0) is 44.5 Å². The fraction of sp³-hybridized carbons (Fsp3) is 0.150. The lowest BCUT2D eigenvalue weighted by atomic mass is 10.0. The van der Waals surface area contributed by atoms with Crippen molar-refractivity contribution in [1.29, 1.82) is 0 Å². The van der Waals surface area contributed by atoms with E-state index in [4.69, 9.17) is 4.42 Å². The molecule has 0 aliphatic carbocycles. The van der Waals surface area contributed by atoms with Crippen LogP contribution in [0.25, 0.3) is 22.3 Å². The van der Waals surface area contributed by atoms with E-state index >= 15 is 0 Å². The lowest BCUT2D eigenvalue weighted by Gasteiger charge is -2.11. The van der Waals surface area contributed by atoms with Crippen LogP contribution in [-0.4, -0.2) is 15.3 Å². The molecule has 3 aromatic rings. The first kappa shape index (κ1) is 16.6. The number of phenolic OH excluding ortho intramolecular Hbond substituents is 3. The van der Waals surface area contributed by atoms with Gasteiger partial charge in [-0.15, -0.1) is 0 Å². The lowest BCUT2D eigenvalue weighted by Crippen LogP contribution is -2.10. The van der Waals surface area contributed by atoms with Gasteiger partial charge in [0.05, 0.1) is 10.9 Å². The van der Waals surface area contributed by atoms with Crippen molar-refractivity contribution in [2.24, 2.45) is 0 Å². The number of phenols is 3. The Morgan fingerprint density at radius 2 is 1.72 bits per heavy atom. The molecule has 0 saturated heterocycles. The second kappa shape index (κ2) is 6.36. The molecule has 0 aliphatic heterocycles. The van der Waals surface area contributed by atoms with Crippen LogP contribution in [0, 0.1) is 0 Å². The van der Waals surface area contributed by atoms with Crippen LogP contribution in [0.15, 0.2) is 57.3 Å². The first-order valence-corrected chi connectivity index (χ1v) is 7.81. The second-order valence-electron chi connectivity index (χ2n) is 6.11. The van der Waals surface area contributed by atoms with Crippen LogP contribution in [0.2, 0.25) is 0 Å². The predicted molar refractivity (Wildman–Crippen MR) is 96.0 cm³/mol. The molecule has 1 heterocycles. The third kappa shape index (κ3) is 3.21. The van der Waals surface area contributed by atoms with Crippen molar-refractivity contribution in [3.63, 3.8) is 0 Å². The number of aromatic hydroxyl groups is 3. The van der Waals surface area contributed by atoms with Crippen molar-refractivity contribution in [2.75, 3.05) is 0 Å². The van der Waals surface area contributed by atoms with E-state index in [1.807, 2.05) is 19.9 Å². The Balaban J connectivity index is 2.36. The van der Waals surface area contributed by atoms with Gasteiger partial charge in [0.1, 0.15) is 28.6 Å². The third-order valence-electron chi connectivity index (χ3n) is 3.91. The maximum Gasteiger partial charge on any atom is 0.196 e. The fourth-order valence-electron chi connectivity index (χ4n) is 2.64. The van der Waals surface area contributed by atoms with Crippen LogP contribution in [0.3, 0.4) is 0 Å². The molecule has 0 spiro atoms. The minimum absolute atomic E-state index is 0.0198. The average Bonchev–Trinajstić information content (AvgIpc) is 2.53. The summed E-state index contributed by atoms with van der Waals surface area (Å²) < 4.78 is 5.86. The van der Waals surface area contributed by atoms with Crippen molar-refractivity contribution in [3.8, 4) is 28.6 Å². The van der Waals surface area contributed by atoms with Crippen LogP contribution < -0.4 is 5.43 Å². The molecule has 3 rings (SSSR count). The zero-order valence-corrected chi connectivity index (χ0v) is 13.9. The Morgan fingerprint density at radius 1 is 1.04 bits per heavy atom. The third-order valence-corrected chi connectivity index (χ3v) is 3.91. The molecule has 25 heavy (non-hydrogen) atoms. The molecule has 0 atom stereocenters. The molecule has 0 saturated carbocycles. The molecule has 0 amide bonds. The first-order chi connectivity index (χ1) is 11.9. The zero-order valence-electron chi connectivity index (χ0n) is 13.9. The van der Waals surface area contributed by atoms with Gasteiger partial charge >= 0.3 is 0 Å². The van der Waals surface area contributed by atoms with Crippen LogP contribution in [-0.2, 0) is 6.42 Å². The van der Waals surface area contributed by atoms with Gasteiger partial charge in [-0.2, -0.15) is 0 Å². The largest absolute Gasteiger partial charge is 0.508 e. The highest BCUT2D eigenvalue weighted by atomic mass is 16.3. The zero-order chi connectivity index (χ0) is 18.1. The van der Waals surface area contributed by atoms with Crippen LogP contribution in [0.1, 0.15) is 19.4 Å². The minimum Gasteiger partial charge on any atom is -0.508 e. The fourth-order valence-corrected chi connectivity index (χ4v) is 2.64. The first-order valence-electron chi connectivity index (χ1n) is 7.81. The van der Waals surface area contributed by atoms with Crippen LogP contribution in [0.4, 0.5) is 0 Å². The normalized spacial score (nSPS) is 10.8. The summed E-state index contributed by atoms with van der Waals surface area (Å²) in [6.45, 7) is 3.86. The molecule has 5 heteroatoms. The van der Waals surface area contributed by atoms with E-state index in [-0.39, 0.29) is 34.0 Å². The van der Waals surface area contributed by atoms with Gasteiger partial charge in [0, 0.05) is 17.7 Å². The summed E-state index contributed by atoms with van der Waals surface area (Å²) in [4.78, 5) is 12.9. The van der Waals surface area contributed by atoms with Gasteiger partial charge in [0.25, 0.3) is 0 Å². The Morgan fingerprint density at radius 3 is 2.40 bits per heavy atom. The number of rotatable bonds is 3. The highest BCUT2D eigenvalue weighted by molar-refractivity contribution is 5.82. The second-order valence-corrected chi connectivity index (χ2v) is 6.11. The van der Waals surface area contributed by atoms with E-state index in [1.165, 1.54) is 36.4 Å². The highest BCUT2D eigenvalue weighted by Crippen LogP contribution is 2.35. The molecule has 0 fully saturated rings. The smallest absolute Gasteiger partial charge is 0.196 e. The Hall–Kier alpha value is -3.21. The summed E-state index contributed by atoms with van der Waals surface area (Å²) in [6, 6.07) is 8.40. The maximum atomic E-state index is 12.9. The molecule has 0 unspecified atom stereocenters. The van der Waals surface area contributed by atoms with Gasteiger partial charge in [-0.25, -0.2) is 0 Å². The van der Waals surface area contributed by atoms with Gasteiger partial charge in [-0.3, -0.25) is 4.79 Å². The van der Waals surface area contributed by atoms with Crippen molar-refractivity contribution in [1.82, 2.24) is 0 Å². The van der Waals surface area contributed by atoms with Crippen molar-refractivity contribution >= 4 is 11.0 Å². The number of fused-ring (bicyclic) bond motifs is 1. The molecule has 0 aliphatic rings. The molecular weight excluding hydrogens is 320 g/mol. The topological polar surface area (TPSA) is 90.9 Å². The summed E-state index contributed by atoms with van der Waals surface area (Å²) in [6.07, 6.45) is 2.25. The minimum atomic E-state index is -0.221. The lowest BCUT2D eigenvalue weighted by molar-refractivity contribution is 0.450. The SMILES string of the molecule is CC(C)=CCc1c(-c2ccc(O)cc2O)oc2cc(O)ccc2c1=O. The molecule has 128 valence electrons. The maximum absolute atomic E-state index is 12.9. The standard InChI is InChI=1S/C20H18O5/c1-11(2)3-6-16-19(24)15-8-5-13(22)10-18(15)25-20(16)14-7-4-12(21)9-17(14)23/h3-5,7-10,21-23H,6H2,1-2H3. The molecule has 1 aromatic heterocycles. The Kier molecular flexibility index (Phi) is 4.23. The van der Waals surface area contributed by atoms with Gasteiger partial charge in [-0.1, -0.05) is 11.6 Å². The summed E-state index contributed by atoms with van der Waals surface area (Å²) in [5.41, 5.74) is 1.76. The molecule has 0 bridgehead atoms. The van der Waals surface area contributed by atoms with Crippen molar-refractivity contribution in [2.45, 2.75) is 20.3 Å². The van der Waals surface area contributed by atoms with E-state index < -0.39 is 0 Å². The summed E-state index contributed by atoms with van der Waals surface area (Å²) >= 11 is 0. The van der Waals surface area contributed by atoms with Crippen LogP contribution >= 0.6 is 0 Å². The summed E-state index contributed by atoms with van der Waals surface area (Å²) in [5.74, 6) is -0.0827. The number of hydrogen-bond acceptors (Lipinski definition) is 5. The van der Waals surface area contributed by atoms with E-state index in [2.05, 4.69) is 0 Å². The van der Waals surface area contributed by atoms with E-state index in [9.17, 15) is 20.1 Å². The van der Waals surface area contributed by atoms with E-state index in [1.54, 1.807) is 0 Å². The quantitative estimate of drug-likeness (QED) is 0.626. The molecular formula is C20H18O5. The highest BCUT2D eigenvalue weighted by Gasteiger charge is 2.18. The Labute approximate surface area is 144 Å². The monoisotopic (exact) mass is 338 g/mol. The molecule has 0 radical (unpaired) electrons. The molecule has 3 N–H and O–H groups in total. The summed E-state index contributed by atoms with van der Waals surface area (Å²) in [5, 5.41) is 29.7. The predicted octanol–water partition coefficient (Wildman–Crippen LogP) is 4.09. The van der Waals surface area contributed by atoms with E-state index in [0.717, 1.165) is 5.57 Å². The van der Waals surface area contributed by atoms with Crippen LogP contribution in [0.5, 0.6) is 17.2 Å². The van der Waals surface area contributed by atoms with Gasteiger partial charge in [0.2, 0.25) is 0 Å². The number of hydrogen-bond donors (Lipinski definition) is 3. The van der Waals surface area contributed by atoms with E-state index in [0.29, 0.717) is 22.9 Å². The number of allylic oxidation sites excluding steroid dienone is 2. The summed E-state index contributed by atoms with van der Waals surface area (Å²) in [7, 11) is 0.